The molecule has 0 radical (unpaired) electrons. The van der Waals surface area contributed by atoms with Gasteiger partial charge in [0.05, 0.1) is 105 Å². The van der Waals surface area contributed by atoms with E-state index in [1.54, 1.807) is 212 Å². The minimum atomic E-state index is 0.667. The zero-order chi connectivity index (χ0) is 91.9. The Morgan fingerprint density at radius 2 is 0.969 bits per heavy atom. The first-order valence-electron chi connectivity index (χ1n) is 36.1. The van der Waals surface area contributed by atoms with Gasteiger partial charge in [0.25, 0.3) is 0 Å². The van der Waals surface area contributed by atoms with E-state index in [0.717, 1.165) is 32.4 Å². The van der Waals surface area contributed by atoms with Crippen LogP contribution in [0, 0.1) is 0 Å². The minimum absolute atomic E-state index is 0.667. The van der Waals surface area contributed by atoms with Crippen LogP contribution in [0.5, 0.6) is 0 Å². The molecule has 0 unspecified atom stereocenters. The van der Waals surface area contributed by atoms with Gasteiger partial charge in [-0.05, 0) is 124 Å². The fourth-order valence-corrected chi connectivity index (χ4v) is 7.49. The molecule has 25 rings (SSSR count). The third-order valence-electron chi connectivity index (χ3n) is 9.98. The van der Waals surface area contributed by atoms with Crippen LogP contribution in [0.2, 0.25) is 0 Å². The fourth-order valence-electron chi connectivity index (χ4n) is 5.25. The summed E-state index contributed by atoms with van der Waals surface area (Å²) in [6.07, 6.45) is 88.2. The lowest BCUT2D eigenvalue weighted by Gasteiger charge is -1.70. The molecule has 670 valence electrons. The number of nitrogens with zero attached hydrogens (tertiary/aromatic N) is 38. The van der Waals surface area contributed by atoms with Gasteiger partial charge in [-0.15, -0.1) is 58.4 Å². The molecule has 19 aromatic heterocycles. The van der Waals surface area contributed by atoms with Crippen molar-refractivity contribution in [2.45, 2.75) is 19.3 Å². The Bertz CT molecular complexity index is 3670. The van der Waals surface area contributed by atoms with Crippen molar-refractivity contribution in [1.29, 1.82) is 0 Å². The number of allylic oxidation sites excluding steroid dienone is 7. The van der Waals surface area contributed by atoms with E-state index < -0.39 is 0 Å². The van der Waals surface area contributed by atoms with Gasteiger partial charge in [-0.3, -0.25) is 34.9 Å². The van der Waals surface area contributed by atoms with E-state index in [4.69, 9.17) is 0 Å². The molecule has 6 aliphatic rings. The maximum Gasteiger partial charge on any atom is 0.213 e. The molecule has 1 aliphatic carbocycles. The first-order chi connectivity index (χ1) is 65.0. The van der Waals surface area contributed by atoms with E-state index in [1.165, 1.54) is 159 Å². The van der Waals surface area contributed by atoms with Crippen molar-refractivity contribution >= 4 is 118 Å². The highest BCUT2D eigenvalue weighted by Gasteiger charge is 1.79. The van der Waals surface area contributed by atoms with Crippen LogP contribution in [0.3, 0.4) is 0 Å². The topological polar surface area (TPSA) is 578 Å². The molecule has 19 aromatic rings. The van der Waals surface area contributed by atoms with Crippen LogP contribution in [-0.4, -0.2) is 205 Å². The number of oxazole rings is 1. The van der Waals surface area contributed by atoms with Gasteiger partial charge >= 0.3 is 0 Å². The highest BCUT2D eigenvalue weighted by Crippen LogP contribution is 1.94. The quantitative estimate of drug-likeness (QED) is 0.136. The molecule has 5 aliphatic heterocycles. The summed E-state index contributed by atoms with van der Waals surface area (Å²) in [5.41, 5.74) is 6.83. The molecule has 0 saturated heterocycles. The average molecular weight is 1890 g/mol. The molecule has 0 atom stereocenters. The highest BCUT2D eigenvalue weighted by atomic mass is 32.1. The SMILES string of the molecule is C1=CCC=C1.C1=CCN=C1.C1=CCN=C1.C1=CN=CC1.C1=NN=CC1.C1=NN=NC1.c1ccncc1.c1ccnnc1.c1ccoc1.c1ccsc1.c1cnccn1.c1cncnc1.c1cnoc1.c1cnon1.c1cnsc1.c1cnsn1.c1cocn1.c1conn1.c1cscn1.c1csnn1.c1ncncn1.c1ncon1.c1ncsn1.c1nnco1.c1nncs1. The monoisotopic (exact) mass is 1890 g/mol. The summed E-state index contributed by atoms with van der Waals surface area (Å²) in [7, 11) is 0. The van der Waals surface area contributed by atoms with Crippen molar-refractivity contribution in [2.24, 2.45) is 40.6 Å². The van der Waals surface area contributed by atoms with Gasteiger partial charge in [-0.25, -0.2) is 48.9 Å². The summed E-state index contributed by atoms with van der Waals surface area (Å²) < 4.78 is 48.5. The number of pyridine rings is 1. The molecule has 24 heterocycles. The van der Waals surface area contributed by atoms with Crippen molar-refractivity contribution in [3.8, 4) is 0 Å². The van der Waals surface area contributed by atoms with Gasteiger partial charge in [0, 0.05) is 146 Å². The third-order valence-corrected chi connectivity index (χ3v) is 13.4. The van der Waals surface area contributed by atoms with Gasteiger partial charge in [-0.2, -0.15) is 50.0 Å². The van der Waals surface area contributed by atoms with Crippen LogP contribution < -0.4 is 0 Å². The summed E-state index contributed by atoms with van der Waals surface area (Å²) >= 11 is 10.2. The third kappa shape index (κ3) is 105. The number of aliphatic imine (C=N–C) groups is 3. The number of furan rings is 1. The summed E-state index contributed by atoms with van der Waals surface area (Å²) in [5.74, 6) is 0. The van der Waals surface area contributed by atoms with Gasteiger partial charge in [-0.1, -0.05) is 85.8 Å². The lowest BCUT2D eigenvalue weighted by molar-refractivity contribution is 0.307. The fraction of sp³-hybridized carbons (Fsp3) is 0.0769. The zero-order valence-electron chi connectivity index (χ0n) is 68.5. The Hall–Kier alpha value is -16.8. The molecule has 0 aromatic carbocycles. The maximum absolute atomic E-state index is 4.58. The van der Waals surface area contributed by atoms with E-state index in [2.05, 4.69) is 245 Å². The van der Waals surface area contributed by atoms with Crippen LogP contribution in [0.15, 0.2) is 473 Å². The van der Waals surface area contributed by atoms with Crippen molar-refractivity contribution in [1.82, 2.24) is 148 Å². The molecular weight excluding hydrogens is 1810 g/mol. The largest absolute Gasteiger partial charge is 0.473 e. The number of thiophene rings is 1. The molecule has 52 heteroatoms. The second-order valence-electron chi connectivity index (χ2n) is 19.0. The Morgan fingerprint density at radius 1 is 0.277 bits per heavy atom. The molecule has 0 bridgehead atoms. The average Bonchev–Trinajstić information content (AvgIpc) is 2.05. The predicted octanol–water partition coefficient (Wildman–Crippen LogP) is 16.1. The van der Waals surface area contributed by atoms with E-state index >= 15 is 0 Å². The number of rotatable bonds is 0. The second kappa shape index (κ2) is 108. The lowest BCUT2D eigenvalue weighted by atomic mass is 10.5. The van der Waals surface area contributed by atoms with Gasteiger partial charge in [0.1, 0.15) is 67.0 Å². The van der Waals surface area contributed by atoms with E-state index in [9.17, 15) is 0 Å². The van der Waals surface area contributed by atoms with Crippen LogP contribution in [-0.2, 0) is 0 Å². The van der Waals surface area contributed by atoms with Crippen molar-refractivity contribution in [2.75, 3.05) is 19.6 Å². The summed E-state index contributed by atoms with van der Waals surface area (Å²) in [5, 5.41) is 70.6. The van der Waals surface area contributed by atoms with Crippen molar-refractivity contribution in [3.63, 3.8) is 0 Å². The van der Waals surface area contributed by atoms with E-state index in [0.29, 0.717) is 6.54 Å². The number of aromatic nitrogens is 30. The van der Waals surface area contributed by atoms with Crippen molar-refractivity contribution in [3.05, 3.63) is 401 Å². The van der Waals surface area contributed by atoms with E-state index in [-0.39, 0.29) is 0 Å². The molecule has 0 saturated carbocycles. The number of hydrogen-bond acceptors (Lipinski definition) is 52. The molecule has 0 fully saturated rings. The number of thiazole rings is 1. The highest BCUT2D eigenvalue weighted by molar-refractivity contribution is 7.08. The first kappa shape index (κ1) is 111. The summed E-state index contributed by atoms with van der Waals surface area (Å²) in [6, 6.07) is 22.5. The number of hydrogen-bond donors (Lipinski definition) is 0. The first-order valence-corrected chi connectivity index (χ1v) is 42.2. The Kier molecular flexibility index (Phi) is 92.6. The van der Waals surface area contributed by atoms with Gasteiger partial charge < -0.3 is 26.8 Å². The normalized spacial score (nSPS) is 10.2. The second-order valence-corrected chi connectivity index (χ2v) is 23.8. The maximum atomic E-state index is 4.58. The molecule has 0 spiro atoms. The molecule has 0 N–H and O–H groups in total. The van der Waals surface area contributed by atoms with E-state index in [1.807, 2.05) is 124 Å². The standard InChI is InChI=1S/C5H5N.C5H6.3C4H4N2.3C4H5N.C4H4O.C4H4S.C3H3N3.C3H4N2.2C3H3NO.2C3H3NS.C2H3N3.4C2H2N2O.4C2H2N2S/c1-2-4-6-5-3-1;1-2-4-5-3-1;1-2-6-4-3-5-1;1-2-5-4-6-3-1;1-2-4-6-5-3-1;5*1-2-4-5-3-1;1-4-2-6-3-5-1;1-2-4-5-3-1;1-2-5-3-4-1;1-2-4-5-3-1;1-2-5-3-4-1;2*1-2-4-5-3-1;1-3-4-2-5-1;1-3-2-5-4-1;1-2-5-4-3-1;1-2-4-5-3-1;1-3-4-2-5-1;1-3-2-5-4-1;1-2-5-4-3-1;1-2-4-5-3-1/h1-5H;1-4H,5H2;3*1-4H;1,3-4H,2H2;2*1-3H,4H2;2*1-4H;1-3H;2-3H,1H2;4*1-3H;1H,2H2;8*1-2H. The van der Waals surface area contributed by atoms with Gasteiger partial charge in [0.15, 0.2) is 12.7 Å². The van der Waals surface area contributed by atoms with Gasteiger partial charge in [0.2, 0.25) is 19.2 Å². The molecular formula is C78H84N38O7S7. The zero-order valence-corrected chi connectivity index (χ0v) is 74.2. The predicted molar refractivity (Wildman–Crippen MR) is 497 cm³/mol. The van der Waals surface area contributed by atoms with Crippen molar-refractivity contribution < 1.29 is 31.4 Å². The molecule has 45 nitrogen and oxygen atoms in total. The lowest BCUT2D eigenvalue weighted by Crippen LogP contribution is -1.73. The summed E-state index contributed by atoms with van der Waals surface area (Å²) in [4.78, 5) is 55.1. The summed E-state index contributed by atoms with van der Waals surface area (Å²) in [6.45, 7) is 2.44. The smallest absolute Gasteiger partial charge is 0.213 e. The molecule has 130 heavy (non-hydrogen) atoms. The minimum Gasteiger partial charge on any atom is -0.473 e. The molecule has 0 amide bonds. The van der Waals surface area contributed by atoms with Crippen LogP contribution >= 0.6 is 80.3 Å². The van der Waals surface area contributed by atoms with Crippen LogP contribution in [0.4, 0.5) is 0 Å². The Morgan fingerprint density at radius 3 is 1.15 bits per heavy atom. The Balaban J connectivity index is 0.000000677. The van der Waals surface area contributed by atoms with Crippen LogP contribution in [0.1, 0.15) is 19.3 Å². The van der Waals surface area contributed by atoms with Crippen LogP contribution in [0.25, 0.3) is 0 Å². The Labute approximate surface area is 773 Å².